The summed E-state index contributed by atoms with van der Waals surface area (Å²) in [6, 6.07) is -0.928. The molecule has 0 aromatic rings. The maximum atomic E-state index is 10.4. The Labute approximate surface area is 60.1 Å². The SMILES string of the molecule is CC(C)NC(=O)N=S(=O)=O. The highest BCUT2D eigenvalue weighted by Gasteiger charge is 1.98. The van der Waals surface area contributed by atoms with E-state index in [1.54, 1.807) is 13.8 Å². The zero-order valence-electron chi connectivity index (χ0n) is 5.66. The Balaban J connectivity index is 4.01. The van der Waals surface area contributed by atoms with Crippen LogP contribution in [0.25, 0.3) is 0 Å². The van der Waals surface area contributed by atoms with Crippen LogP contribution in [0, 0.1) is 0 Å². The minimum atomic E-state index is -2.65. The fourth-order valence-corrected chi connectivity index (χ4v) is 0.529. The second-order valence-electron chi connectivity index (χ2n) is 1.91. The molecule has 0 saturated heterocycles. The predicted octanol–water partition coefficient (Wildman–Crippen LogP) is 0.167. The zero-order chi connectivity index (χ0) is 8.15. The first-order chi connectivity index (χ1) is 4.52. The molecule has 0 fully saturated rings. The number of amides is 2. The molecule has 0 aliphatic rings. The van der Waals surface area contributed by atoms with Crippen LogP contribution in [-0.4, -0.2) is 20.5 Å². The van der Waals surface area contributed by atoms with Gasteiger partial charge in [0.15, 0.2) is 0 Å². The van der Waals surface area contributed by atoms with Crippen molar-refractivity contribution in [1.29, 1.82) is 0 Å². The highest BCUT2D eigenvalue weighted by Crippen LogP contribution is 1.78. The number of nitrogens with one attached hydrogen (secondary N) is 1. The van der Waals surface area contributed by atoms with Gasteiger partial charge in [-0.15, -0.1) is 0 Å². The van der Waals surface area contributed by atoms with Gasteiger partial charge in [0.25, 0.3) is 0 Å². The number of hydrogen-bond acceptors (Lipinski definition) is 3. The lowest BCUT2D eigenvalue weighted by Crippen LogP contribution is -2.26. The van der Waals surface area contributed by atoms with Crippen molar-refractivity contribution in [3.05, 3.63) is 0 Å². The van der Waals surface area contributed by atoms with Crippen LogP contribution >= 0.6 is 0 Å². The number of carbonyl (C=O) groups excluding carboxylic acids is 1. The largest absolute Gasteiger partial charge is 0.356 e. The van der Waals surface area contributed by atoms with E-state index in [9.17, 15) is 13.2 Å². The van der Waals surface area contributed by atoms with Crippen molar-refractivity contribution in [3.8, 4) is 0 Å². The lowest BCUT2D eigenvalue weighted by atomic mass is 10.4. The van der Waals surface area contributed by atoms with Crippen LogP contribution in [0.15, 0.2) is 4.36 Å². The van der Waals surface area contributed by atoms with Gasteiger partial charge >= 0.3 is 16.5 Å². The fourth-order valence-electron chi connectivity index (χ4n) is 0.341. The molecule has 1 N–H and O–H groups in total. The maximum absolute atomic E-state index is 10.4. The summed E-state index contributed by atoms with van der Waals surface area (Å²) >= 11 is 0. The molecule has 0 aromatic carbocycles. The minimum Gasteiger partial charge on any atom is -0.333 e. The third-order valence-corrected chi connectivity index (χ3v) is 0.884. The first-order valence-corrected chi connectivity index (χ1v) is 3.67. The van der Waals surface area contributed by atoms with Gasteiger partial charge in [-0.05, 0) is 13.8 Å². The number of urea groups is 1. The molecule has 0 unspecified atom stereocenters. The van der Waals surface area contributed by atoms with E-state index in [0.29, 0.717) is 0 Å². The predicted molar refractivity (Wildman–Crippen MR) is 35.0 cm³/mol. The van der Waals surface area contributed by atoms with E-state index < -0.39 is 16.5 Å². The third-order valence-electron chi connectivity index (χ3n) is 0.570. The van der Waals surface area contributed by atoms with Crippen LogP contribution in [-0.2, 0) is 10.5 Å². The van der Waals surface area contributed by atoms with Crippen molar-refractivity contribution in [2.75, 3.05) is 0 Å². The van der Waals surface area contributed by atoms with Gasteiger partial charge in [-0.2, -0.15) is 8.42 Å². The topological polar surface area (TPSA) is 75.6 Å². The van der Waals surface area contributed by atoms with E-state index in [1.807, 2.05) is 0 Å². The third kappa shape index (κ3) is 5.23. The molecule has 0 rings (SSSR count). The molecular weight excluding hydrogens is 156 g/mol. The zero-order valence-corrected chi connectivity index (χ0v) is 6.47. The lowest BCUT2D eigenvalue weighted by Gasteiger charge is -2.00. The molecule has 0 aliphatic heterocycles. The molecule has 0 radical (unpaired) electrons. The second kappa shape index (κ2) is 3.99. The maximum Gasteiger partial charge on any atom is 0.356 e. The molecule has 10 heavy (non-hydrogen) atoms. The summed E-state index contributed by atoms with van der Waals surface area (Å²) in [4.78, 5) is 10.4. The standard InChI is InChI=1S/C4H8N2O3S/c1-3(2)5-4(7)6-10(8)9/h3H,1-2H3,(H,5,7). The molecule has 0 saturated carbocycles. The molecule has 2 amide bonds. The first kappa shape index (κ1) is 9.09. The van der Waals surface area contributed by atoms with Gasteiger partial charge in [-0.25, -0.2) is 4.79 Å². The van der Waals surface area contributed by atoms with Crippen LogP contribution in [0.5, 0.6) is 0 Å². The summed E-state index contributed by atoms with van der Waals surface area (Å²) in [5.74, 6) is 0. The van der Waals surface area contributed by atoms with Crippen molar-refractivity contribution in [1.82, 2.24) is 5.32 Å². The summed E-state index contributed by atoms with van der Waals surface area (Å²) in [5.41, 5.74) is 0. The summed E-state index contributed by atoms with van der Waals surface area (Å²) in [6.07, 6.45) is 0. The molecule has 0 atom stereocenters. The Bertz CT molecular complexity index is 233. The van der Waals surface area contributed by atoms with Crippen molar-refractivity contribution < 1.29 is 13.2 Å². The Morgan fingerprint density at radius 1 is 1.50 bits per heavy atom. The molecule has 0 bridgehead atoms. The van der Waals surface area contributed by atoms with Crippen LogP contribution in [0.1, 0.15) is 13.8 Å². The average Bonchev–Trinajstić information content (AvgIpc) is 1.58. The summed E-state index contributed by atoms with van der Waals surface area (Å²) in [6.45, 7) is 3.42. The quantitative estimate of drug-likeness (QED) is 0.600. The van der Waals surface area contributed by atoms with Crippen LogP contribution in [0.2, 0.25) is 0 Å². The van der Waals surface area contributed by atoms with Crippen molar-refractivity contribution in [2.45, 2.75) is 19.9 Å². The highest BCUT2D eigenvalue weighted by molar-refractivity contribution is 7.62. The summed E-state index contributed by atoms with van der Waals surface area (Å²) in [7, 11) is -2.65. The summed E-state index contributed by atoms with van der Waals surface area (Å²) in [5, 5.41) is 2.28. The number of carbonyl (C=O) groups is 1. The van der Waals surface area contributed by atoms with Crippen LogP contribution < -0.4 is 5.32 Å². The van der Waals surface area contributed by atoms with Gasteiger partial charge in [-0.1, -0.05) is 4.36 Å². The van der Waals surface area contributed by atoms with Crippen molar-refractivity contribution in [2.24, 2.45) is 4.36 Å². The Morgan fingerprint density at radius 3 is 2.30 bits per heavy atom. The molecule has 6 heteroatoms. The van der Waals surface area contributed by atoms with Gasteiger partial charge < -0.3 is 5.32 Å². The van der Waals surface area contributed by atoms with Gasteiger partial charge in [0.05, 0.1) is 0 Å². The van der Waals surface area contributed by atoms with Crippen molar-refractivity contribution in [3.63, 3.8) is 0 Å². The van der Waals surface area contributed by atoms with E-state index >= 15 is 0 Å². The molecule has 58 valence electrons. The van der Waals surface area contributed by atoms with Crippen molar-refractivity contribution >= 4 is 16.5 Å². The van der Waals surface area contributed by atoms with E-state index in [1.165, 1.54) is 0 Å². The molecule has 0 spiro atoms. The number of rotatable bonds is 1. The lowest BCUT2D eigenvalue weighted by molar-refractivity contribution is 0.247. The molecule has 0 aliphatic carbocycles. The molecule has 0 aromatic heterocycles. The Hall–Kier alpha value is -0.910. The Kier molecular flexibility index (Phi) is 3.63. The normalized spacial score (nSPS) is 9.10. The number of hydrogen-bond donors (Lipinski definition) is 1. The highest BCUT2D eigenvalue weighted by atomic mass is 32.2. The fraction of sp³-hybridized carbons (Fsp3) is 0.750. The summed E-state index contributed by atoms with van der Waals surface area (Å²) < 4.78 is 22.2. The monoisotopic (exact) mass is 164 g/mol. The Morgan fingerprint density at radius 2 is 2.00 bits per heavy atom. The average molecular weight is 164 g/mol. The van der Waals surface area contributed by atoms with Gasteiger partial charge in [0, 0.05) is 6.04 Å². The van der Waals surface area contributed by atoms with Crippen LogP contribution in [0.4, 0.5) is 4.79 Å². The molecule has 5 nitrogen and oxygen atoms in total. The first-order valence-electron chi connectivity index (χ1n) is 2.64. The van der Waals surface area contributed by atoms with Gasteiger partial charge in [0.1, 0.15) is 0 Å². The molecule has 0 heterocycles. The van der Waals surface area contributed by atoms with E-state index in [4.69, 9.17) is 0 Å². The van der Waals surface area contributed by atoms with E-state index in [-0.39, 0.29) is 6.04 Å². The van der Waals surface area contributed by atoms with E-state index in [2.05, 4.69) is 9.68 Å². The van der Waals surface area contributed by atoms with Gasteiger partial charge in [-0.3, -0.25) is 0 Å². The van der Waals surface area contributed by atoms with Gasteiger partial charge in [0.2, 0.25) is 0 Å². The van der Waals surface area contributed by atoms with Crippen LogP contribution in [0.3, 0.4) is 0 Å². The molecular formula is C4H8N2O3S. The smallest absolute Gasteiger partial charge is 0.333 e. The second-order valence-corrected chi connectivity index (χ2v) is 2.53. The number of nitrogens with zero attached hydrogens (tertiary/aromatic N) is 1. The van der Waals surface area contributed by atoms with E-state index in [0.717, 1.165) is 0 Å². The minimum absolute atomic E-state index is 0.0974.